The first-order valence-electron chi connectivity index (χ1n) is 9.01. The number of nitrogens with zero attached hydrogens (tertiary/aromatic N) is 2. The molecule has 0 saturated carbocycles. The molecule has 1 aromatic heterocycles. The summed E-state index contributed by atoms with van der Waals surface area (Å²) in [6.45, 7) is 3.18. The fourth-order valence-electron chi connectivity index (χ4n) is 2.96. The molecule has 1 fully saturated rings. The van der Waals surface area contributed by atoms with Crippen LogP contribution in [-0.4, -0.2) is 50.9 Å². The lowest BCUT2D eigenvalue weighted by Crippen LogP contribution is -2.36. The van der Waals surface area contributed by atoms with Crippen molar-refractivity contribution in [3.8, 4) is 11.5 Å². The van der Waals surface area contributed by atoms with Gasteiger partial charge in [-0.25, -0.2) is 4.98 Å². The molecule has 0 atom stereocenters. The number of fused-ring (bicyclic) bond motifs is 1. The van der Waals surface area contributed by atoms with E-state index >= 15 is 0 Å². The third-order valence-electron chi connectivity index (χ3n) is 4.42. The number of benzene rings is 2. The second-order valence-corrected chi connectivity index (χ2v) is 7.31. The molecular formula is C20H21N3O4S. The van der Waals surface area contributed by atoms with Crippen LogP contribution in [0, 0.1) is 0 Å². The number of nitrogens with one attached hydrogen (secondary N) is 1. The summed E-state index contributed by atoms with van der Waals surface area (Å²) in [6.07, 6.45) is 0. The van der Waals surface area contributed by atoms with Gasteiger partial charge in [0.1, 0.15) is 11.5 Å². The summed E-state index contributed by atoms with van der Waals surface area (Å²) in [5.74, 6) is 1.10. The minimum absolute atomic E-state index is 0.0821. The molecule has 8 heteroatoms. The predicted octanol–water partition coefficient (Wildman–Crippen LogP) is 3.16. The Morgan fingerprint density at radius 3 is 2.68 bits per heavy atom. The Labute approximate surface area is 166 Å². The van der Waals surface area contributed by atoms with E-state index in [-0.39, 0.29) is 12.5 Å². The number of carbonyl (C=O) groups is 1. The van der Waals surface area contributed by atoms with Crippen molar-refractivity contribution in [1.29, 1.82) is 0 Å². The largest absolute Gasteiger partial charge is 0.497 e. The zero-order chi connectivity index (χ0) is 19.3. The first-order valence-corrected chi connectivity index (χ1v) is 9.83. The summed E-state index contributed by atoms with van der Waals surface area (Å²) in [7, 11) is 1.60. The first-order chi connectivity index (χ1) is 13.7. The molecule has 0 unspecified atom stereocenters. The topological polar surface area (TPSA) is 72.9 Å². The molecule has 0 radical (unpaired) electrons. The average Bonchev–Trinajstić information content (AvgIpc) is 3.14. The van der Waals surface area contributed by atoms with Gasteiger partial charge in [0, 0.05) is 18.8 Å². The lowest BCUT2D eigenvalue weighted by Gasteiger charge is -2.28. The Morgan fingerprint density at radius 2 is 1.93 bits per heavy atom. The highest BCUT2D eigenvalue weighted by atomic mass is 32.1. The minimum Gasteiger partial charge on any atom is -0.497 e. The van der Waals surface area contributed by atoms with Gasteiger partial charge in [0.05, 0.1) is 30.5 Å². The molecule has 146 valence electrons. The van der Waals surface area contributed by atoms with Crippen molar-refractivity contribution >= 4 is 38.3 Å². The second kappa shape index (κ2) is 8.45. The summed E-state index contributed by atoms with van der Waals surface area (Å²) >= 11 is 1.46. The molecule has 1 aliphatic heterocycles. The van der Waals surface area contributed by atoms with Crippen LogP contribution in [0.5, 0.6) is 11.5 Å². The summed E-state index contributed by atoms with van der Waals surface area (Å²) < 4.78 is 17.0. The number of ether oxygens (including phenoxy) is 3. The predicted molar refractivity (Wildman–Crippen MR) is 110 cm³/mol. The highest BCUT2D eigenvalue weighted by molar-refractivity contribution is 7.22. The number of anilines is 2. The lowest BCUT2D eigenvalue weighted by atomic mass is 10.2. The van der Waals surface area contributed by atoms with E-state index in [9.17, 15) is 4.79 Å². The number of methoxy groups -OCH3 is 1. The van der Waals surface area contributed by atoms with Gasteiger partial charge in [-0.15, -0.1) is 0 Å². The van der Waals surface area contributed by atoms with Crippen LogP contribution in [0.15, 0.2) is 42.5 Å². The molecule has 0 aliphatic carbocycles. The van der Waals surface area contributed by atoms with E-state index in [4.69, 9.17) is 14.2 Å². The third-order valence-corrected chi connectivity index (χ3v) is 5.36. The van der Waals surface area contributed by atoms with E-state index in [2.05, 4.69) is 27.3 Å². The number of rotatable bonds is 6. The van der Waals surface area contributed by atoms with Crippen molar-refractivity contribution in [1.82, 2.24) is 4.98 Å². The van der Waals surface area contributed by atoms with Gasteiger partial charge < -0.3 is 19.1 Å². The van der Waals surface area contributed by atoms with E-state index in [0.717, 1.165) is 48.0 Å². The summed E-state index contributed by atoms with van der Waals surface area (Å²) in [5.41, 5.74) is 2.02. The Hall–Kier alpha value is -2.84. The summed E-state index contributed by atoms with van der Waals surface area (Å²) in [4.78, 5) is 19.0. The van der Waals surface area contributed by atoms with Crippen LogP contribution < -0.4 is 19.7 Å². The Kier molecular flexibility index (Phi) is 5.59. The van der Waals surface area contributed by atoms with Gasteiger partial charge in [0.25, 0.3) is 5.91 Å². The number of carbonyl (C=O) groups excluding carboxylic acids is 1. The fraction of sp³-hybridized carbons (Fsp3) is 0.300. The quantitative estimate of drug-likeness (QED) is 0.686. The first kappa shape index (κ1) is 18.5. The van der Waals surface area contributed by atoms with E-state index in [1.54, 1.807) is 31.4 Å². The Bertz CT molecular complexity index is 952. The van der Waals surface area contributed by atoms with Crippen molar-refractivity contribution < 1.29 is 19.0 Å². The minimum atomic E-state index is -0.247. The van der Waals surface area contributed by atoms with Crippen LogP contribution in [0.25, 0.3) is 10.2 Å². The lowest BCUT2D eigenvalue weighted by molar-refractivity contribution is -0.118. The van der Waals surface area contributed by atoms with E-state index in [1.807, 2.05) is 6.07 Å². The molecular weight excluding hydrogens is 378 g/mol. The van der Waals surface area contributed by atoms with Gasteiger partial charge in [0.15, 0.2) is 11.7 Å². The maximum atomic E-state index is 12.2. The third kappa shape index (κ3) is 4.35. The molecule has 2 heterocycles. The highest BCUT2D eigenvalue weighted by Gasteiger charge is 2.14. The van der Waals surface area contributed by atoms with Gasteiger partial charge in [-0.05, 0) is 42.5 Å². The SMILES string of the molecule is COc1ccc(OCC(=O)Nc2nc3ccc(N4CCOCC4)cc3s2)cc1. The van der Waals surface area contributed by atoms with Crippen molar-refractivity contribution in [3.05, 3.63) is 42.5 Å². The normalized spacial score (nSPS) is 14.1. The smallest absolute Gasteiger partial charge is 0.264 e. The highest BCUT2D eigenvalue weighted by Crippen LogP contribution is 2.30. The Balaban J connectivity index is 1.37. The van der Waals surface area contributed by atoms with Crippen molar-refractivity contribution in [2.75, 3.05) is 50.2 Å². The molecule has 3 aromatic rings. The molecule has 4 rings (SSSR count). The van der Waals surface area contributed by atoms with Crippen molar-refractivity contribution in [3.63, 3.8) is 0 Å². The fourth-order valence-corrected chi connectivity index (χ4v) is 3.88. The molecule has 0 bridgehead atoms. The maximum Gasteiger partial charge on any atom is 0.264 e. The Morgan fingerprint density at radius 1 is 1.18 bits per heavy atom. The molecule has 1 aliphatic rings. The zero-order valence-electron chi connectivity index (χ0n) is 15.5. The number of amides is 1. The van der Waals surface area contributed by atoms with Crippen LogP contribution in [0.4, 0.5) is 10.8 Å². The van der Waals surface area contributed by atoms with Gasteiger partial charge in [-0.2, -0.15) is 0 Å². The monoisotopic (exact) mass is 399 g/mol. The van der Waals surface area contributed by atoms with Crippen LogP contribution in [0.1, 0.15) is 0 Å². The molecule has 7 nitrogen and oxygen atoms in total. The van der Waals surface area contributed by atoms with Gasteiger partial charge in [-0.1, -0.05) is 11.3 Å². The number of thiazole rings is 1. The van der Waals surface area contributed by atoms with Crippen LogP contribution in [0.3, 0.4) is 0 Å². The maximum absolute atomic E-state index is 12.2. The van der Waals surface area contributed by atoms with Crippen molar-refractivity contribution in [2.24, 2.45) is 0 Å². The molecule has 1 amide bonds. The number of hydrogen-bond acceptors (Lipinski definition) is 7. The number of aromatic nitrogens is 1. The van der Waals surface area contributed by atoms with Crippen molar-refractivity contribution in [2.45, 2.75) is 0 Å². The summed E-state index contributed by atoms with van der Waals surface area (Å²) in [5, 5.41) is 3.38. The van der Waals surface area contributed by atoms with Gasteiger partial charge in [-0.3, -0.25) is 10.1 Å². The number of morpholine rings is 1. The molecule has 28 heavy (non-hydrogen) atoms. The van der Waals surface area contributed by atoms with E-state index in [0.29, 0.717) is 10.9 Å². The molecule has 2 aromatic carbocycles. The standard InChI is InChI=1S/C20H21N3O4S/c1-25-15-3-5-16(6-4-15)27-13-19(24)22-20-21-17-7-2-14(12-18(17)28-20)23-8-10-26-11-9-23/h2-7,12H,8-11,13H2,1H3,(H,21,22,24). The van der Waals surface area contributed by atoms with E-state index in [1.165, 1.54) is 11.3 Å². The van der Waals surface area contributed by atoms with Crippen LogP contribution >= 0.6 is 11.3 Å². The number of hydrogen-bond donors (Lipinski definition) is 1. The van der Waals surface area contributed by atoms with Gasteiger partial charge >= 0.3 is 0 Å². The molecule has 1 saturated heterocycles. The summed E-state index contributed by atoms with van der Waals surface area (Å²) in [6, 6.07) is 13.3. The van der Waals surface area contributed by atoms with Gasteiger partial charge in [0.2, 0.25) is 0 Å². The van der Waals surface area contributed by atoms with Crippen LogP contribution in [-0.2, 0) is 9.53 Å². The average molecular weight is 399 g/mol. The zero-order valence-corrected chi connectivity index (χ0v) is 16.3. The molecule has 0 spiro atoms. The van der Waals surface area contributed by atoms with Crippen LogP contribution in [0.2, 0.25) is 0 Å². The molecule has 1 N–H and O–H groups in total. The van der Waals surface area contributed by atoms with E-state index < -0.39 is 0 Å². The second-order valence-electron chi connectivity index (χ2n) is 6.28.